The Balaban J connectivity index is 1.88. The Morgan fingerprint density at radius 3 is 1.61 bits per heavy atom. The van der Waals surface area contributed by atoms with Crippen LogP contribution in [0.3, 0.4) is 0 Å². The summed E-state index contributed by atoms with van der Waals surface area (Å²) >= 11 is 0. The van der Waals surface area contributed by atoms with Gasteiger partial charge in [-0.2, -0.15) is 0 Å². The maximum absolute atomic E-state index is 13.3. The lowest BCUT2D eigenvalue weighted by atomic mass is 9.91. The molecule has 3 aromatic rings. The van der Waals surface area contributed by atoms with Gasteiger partial charge >= 0.3 is 5.97 Å². The van der Waals surface area contributed by atoms with Crippen molar-refractivity contribution in [3.8, 4) is 0 Å². The van der Waals surface area contributed by atoms with Crippen LogP contribution in [0.2, 0.25) is 0 Å². The third kappa shape index (κ3) is 5.30. The fourth-order valence-electron chi connectivity index (χ4n) is 3.30. The molecule has 0 saturated carbocycles. The SMILES string of the molecule is CN(C)CCC(OC(=O)C(c1ccccc1)c1ccccc1)c1ccccc1. The van der Waals surface area contributed by atoms with E-state index in [-0.39, 0.29) is 12.1 Å². The van der Waals surface area contributed by atoms with Crippen molar-refractivity contribution in [1.82, 2.24) is 4.90 Å². The molecule has 0 aliphatic carbocycles. The minimum absolute atomic E-state index is 0.218. The molecule has 144 valence electrons. The predicted molar refractivity (Wildman–Crippen MR) is 113 cm³/mol. The van der Waals surface area contributed by atoms with Gasteiger partial charge in [0.15, 0.2) is 0 Å². The molecule has 0 aliphatic heterocycles. The van der Waals surface area contributed by atoms with Crippen LogP contribution in [0.1, 0.15) is 35.1 Å². The van der Waals surface area contributed by atoms with E-state index < -0.39 is 5.92 Å². The predicted octanol–water partition coefficient (Wildman–Crippen LogP) is 5.05. The normalized spacial score (nSPS) is 12.1. The van der Waals surface area contributed by atoms with E-state index in [1.165, 1.54) is 0 Å². The number of carbonyl (C=O) groups excluding carboxylic acids is 1. The quantitative estimate of drug-likeness (QED) is 0.517. The van der Waals surface area contributed by atoms with Gasteiger partial charge in [0.05, 0.1) is 0 Å². The minimum Gasteiger partial charge on any atom is -0.457 e. The maximum atomic E-state index is 13.3. The zero-order chi connectivity index (χ0) is 19.8. The second kappa shape index (κ2) is 9.86. The molecule has 0 aliphatic rings. The molecule has 0 amide bonds. The zero-order valence-electron chi connectivity index (χ0n) is 16.5. The van der Waals surface area contributed by atoms with E-state index in [0.29, 0.717) is 0 Å². The number of nitrogens with zero attached hydrogens (tertiary/aromatic N) is 1. The van der Waals surface area contributed by atoms with Crippen molar-refractivity contribution in [2.24, 2.45) is 0 Å². The molecule has 0 fully saturated rings. The lowest BCUT2D eigenvalue weighted by Gasteiger charge is -2.24. The number of rotatable bonds is 8. The minimum atomic E-state index is -0.437. The highest BCUT2D eigenvalue weighted by atomic mass is 16.5. The molecule has 0 bridgehead atoms. The average Bonchev–Trinajstić information content (AvgIpc) is 2.73. The Morgan fingerprint density at radius 1 is 0.750 bits per heavy atom. The number of hydrogen-bond acceptors (Lipinski definition) is 3. The van der Waals surface area contributed by atoms with E-state index in [0.717, 1.165) is 29.7 Å². The fourth-order valence-corrected chi connectivity index (χ4v) is 3.30. The molecular formula is C25H27NO2. The molecule has 0 spiro atoms. The molecule has 3 nitrogen and oxygen atoms in total. The van der Waals surface area contributed by atoms with Crippen molar-refractivity contribution >= 4 is 5.97 Å². The number of hydrogen-bond donors (Lipinski definition) is 0. The van der Waals surface area contributed by atoms with Crippen molar-refractivity contribution < 1.29 is 9.53 Å². The number of esters is 1. The van der Waals surface area contributed by atoms with E-state index in [4.69, 9.17) is 4.74 Å². The van der Waals surface area contributed by atoms with Crippen molar-refractivity contribution in [2.75, 3.05) is 20.6 Å². The first-order valence-electron chi connectivity index (χ1n) is 9.65. The maximum Gasteiger partial charge on any atom is 0.318 e. The van der Waals surface area contributed by atoms with Crippen LogP contribution in [0, 0.1) is 0 Å². The molecule has 28 heavy (non-hydrogen) atoms. The van der Waals surface area contributed by atoms with Gasteiger partial charge in [-0.15, -0.1) is 0 Å². The summed E-state index contributed by atoms with van der Waals surface area (Å²) in [6, 6.07) is 29.7. The van der Waals surface area contributed by atoms with Gasteiger partial charge in [0.25, 0.3) is 0 Å². The van der Waals surface area contributed by atoms with E-state index in [9.17, 15) is 4.79 Å². The van der Waals surface area contributed by atoms with E-state index in [2.05, 4.69) is 4.90 Å². The molecule has 3 rings (SSSR count). The first-order chi connectivity index (χ1) is 13.6. The summed E-state index contributed by atoms with van der Waals surface area (Å²) in [7, 11) is 4.06. The summed E-state index contributed by atoms with van der Waals surface area (Å²) in [5, 5.41) is 0. The molecule has 3 heteroatoms. The molecular weight excluding hydrogens is 346 g/mol. The van der Waals surface area contributed by atoms with Gasteiger partial charge in [0.1, 0.15) is 12.0 Å². The Hall–Kier alpha value is -2.91. The van der Waals surface area contributed by atoms with Gasteiger partial charge in [0, 0.05) is 13.0 Å². The van der Waals surface area contributed by atoms with Crippen LogP contribution < -0.4 is 0 Å². The van der Waals surface area contributed by atoms with Crippen molar-refractivity contribution in [3.63, 3.8) is 0 Å². The Bertz CT molecular complexity index is 808. The van der Waals surface area contributed by atoms with E-state index in [1.54, 1.807) is 0 Å². The highest BCUT2D eigenvalue weighted by molar-refractivity contribution is 5.82. The monoisotopic (exact) mass is 373 g/mol. The van der Waals surface area contributed by atoms with Gasteiger partial charge in [0.2, 0.25) is 0 Å². The lowest BCUT2D eigenvalue weighted by Crippen LogP contribution is -2.23. The summed E-state index contributed by atoms with van der Waals surface area (Å²) in [4.78, 5) is 15.4. The van der Waals surface area contributed by atoms with Crippen molar-refractivity contribution in [2.45, 2.75) is 18.4 Å². The van der Waals surface area contributed by atoms with Crippen LogP contribution in [-0.4, -0.2) is 31.5 Å². The summed E-state index contributed by atoms with van der Waals surface area (Å²) < 4.78 is 6.09. The highest BCUT2D eigenvalue weighted by Gasteiger charge is 2.27. The van der Waals surface area contributed by atoms with Crippen LogP contribution >= 0.6 is 0 Å². The smallest absolute Gasteiger partial charge is 0.318 e. The number of ether oxygens (including phenoxy) is 1. The number of benzene rings is 3. The summed E-state index contributed by atoms with van der Waals surface area (Å²) in [5.41, 5.74) is 2.91. The molecule has 0 N–H and O–H groups in total. The van der Waals surface area contributed by atoms with Crippen LogP contribution in [0.25, 0.3) is 0 Å². The van der Waals surface area contributed by atoms with Crippen molar-refractivity contribution in [3.05, 3.63) is 108 Å². The molecule has 1 unspecified atom stereocenters. The second-order valence-corrected chi connectivity index (χ2v) is 7.18. The van der Waals surface area contributed by atoms with Gasteiger partial charge in [-0.1, -0.05) is 91.0 Å². The molecule has 0 aromatic heterocycles. The number of carbonyl (C=O) groups is 1. The Labute approximate surface area is 167 Å². The third-order valence-electron chi connectivity index (χ3n) is 4.77. The molecule has 1 atom stereocenters. The van der Waals surface area contributed by atoms with Gasteiger partial charge in [-0.3, -0.25) is 4.79 Å². The largest absolute Gasteiger partial charge is 0.457 e. The topological polar surface area (TPSA) is 29.5 Å². The summed E-state index contributed by atoms with van der Waals surface area (Å²) in [5.74, 6) is -0.655. The van der Waals surface area contributed by atoms with E-state index >= 15 is 0 Å². The second-order valence-electron chi connectivity index (χ2n) is 7.18. The Morgan fingerprint density at radius 2 is 1.18 bits per heavy atom. The van der Waals surface area contributed by atoms with Crippen LogP contribution in [-0.2, 0) is 9.53 Å². The fraction of sp³-hybridized carbons (Fsp3) is 0.240. The van der Waals surface area contributed by atoms with Crippen LogP contribution in [0.4, 0.5) is 0 Å². The van der Waals surface area contributed by atoms with Crippen molar-refractivity contribution in [1.29, 1.82) is 0 Å². The highest BCUT2D eigenvalue weighted by Crippen LogP contribution is 2.30. The van der Waals surface area contributed by atoms with Gasteiger partial charge < -0.3 is 9.64 Å². The zero-order valence-corrected chi connectivity index (χ0v) is 16.5. The van der Waals surface area contributed by atoms with Gasteiger partial charge in [-0.25, -0.2) is 0 Å². The molecule has 3 aromatic carbocycles. The van der Waals surface area contributed by atoms with Crippen LogP contribution in [0.5, 0.6) is 0 Å². The van der Waals surface area contributed by atoms with E-state index in [1.807, 2.05) is 105 Å². The Kier molecular flexibility index (Phi) is 6.99. The first kappa shape index (κ1) is 19.8. The standard InChI is InChI=1S/C25H27NO2/c1-26(2)19-18-23(20-12-6-3-7-13-20)28-25(27)24(21-14-8-4-9-15-21)22-16-10-5-11-17-22/h3-17,23-24H,18-19H2,1-2H3. The third-order valence-corrected chi connectivity index (χ3v) is 4.77. The van der Waals surface area contributed by atoms with Crippen LogP contribution in [0.15, 0.2) is 91.0 Å². The summed E-state index contributed by atoms with van der Waals surface area (Å²) in [6.45, 7) is 0.841. The van der Waals surface area contributed by atoms with Gasteiger partial charge in [-0.05, 0) is 30.8 Å². The lowest BCUT2D eigenvalue weighted by molar-refractivity contribution is -0.150. The molecule has 0 saturated heterocycles. The molecule has 0 radical (unpaired) electrons. The summed E-state index contributed by atoms with van der Waals surface area (Å²) in [6.07, 6.45) is 0.477. The molecule has 0 heterocycles. The first-order valence-corrected chi connectivity index (χ1v) is 9.65. The average molecular weight is 373 g/mol.